The number of carbonyl (C=O) groups is 1. The predicted molar refractivity (Wildman–Crippen MR) is 69.3 cm³/mol. The average molecular weight is 333 g/mol. The number of anilines is 1. The number of nitrogens with zero attached hydrogens (tertiary/aromatic N) is 4. The van der Waals surface area contributed by atoms with Crippen molar-refractivity contribution in [1.82, 2.24) is 15.1 Å². The number of aromatic nitrogens is 3. The number of rotatable bonds is 3. The lowest BCUT2D eigenvalue weighted by molar-refractivity contribution is -0.140. The zero-order valence-electron chi connectivity index (χ0n) is 11.0. The van der Waals surface area contributed by atoms with Crippen molar-refractivity contribution >= 4 is 22.4 Å². The Kier molecular flexibility index (Phi) is 3.51. The first-order valence-electron chi connectivity index (χ1n) is 6.29. The van der Waals surface area contributed by atoms with Crippen LogP contribution in [0.25, 0.3) is 0 Å². The maximum Gasteiger partial charge on any atom is 0.434 e. The molecule has 2 aromatic heterocycles. The number of carbonyl (C=O) groups excluding carboxylic acids is 1. The van der Waals surface area contributed by atoms with E-state index in [0.29, 0.717) is 13.0 Å². The number of halogens is 3. The molecule has 118 valence electrons. The molecule has 11 heteroatoms. The third-order valence-corrected chi connectivity index (χ3v) is 4.11. The van der Waals surface area contributed by atoms with E-state index < -0.39 is 23.8 Å². The van der Waals surface area contributed by atoms with Gasteiger partial charge in [0.15, 0.2) is 10.8 Å². The molecule has 2 N–H and O–H groups in total. The standard InChI is InChI=1S/C11H10F3N5O2S/c12-11(13,14)6-4-22-10(16-6)19-3-1-2-5(19)9-17-8(7(15)20)18-21-9/h4-5H,1-3H2,(H2,15,20)/t5-/m0/s1. The molecule has 0 aromatic carbocycles. The average Bonchev–Trinajstić information content (AvgIpc) is 3.17. The fourth-order valence-electron chi connectivity index (χ4n) is 2.25. The molecule has 0 radical (unpaired) electrons. The van der Waals surface area contributed by atoms with E-state index in [0.717, 1.165) is 23.1 Å². The molecule has 1 atom stereocenters. The van der Waals surface area contributed by atoms with Gasteiger partial charge in [0.25, 0.3) is 11.7 Å². The molecule has 0 spiro atoms. The summed E-state index contributed by atoms with van der Waals surface area (Å²) >= 11 is 0.899. The monoisotopic (exact) mass is 333 g/mol. The van der Waals surface area contributed by atoms with Crippen LogP contribution < -0.4 is 10.6 Å². The topological polar surface area (TPSA) is 98.1 Å². The number of hydrogen-bond acceptors (Lipinski definition) is 7. The molecular weight excluding hydrogens is 323 g/mol. The van der Waals surface area contributed by atoms with Crippen LogP contribution in [0.3, 0.4) is 0 Å². The fourth-order valence-corrected chi connectivity index (χ4v) is 3.16. The highest BCUT2D eigenvalue weighted by molar-refractivity contribution is 7.13. The van der Waals surface area contributed by atoms with E-state index in [1.54, 1.807) is 4.90 Å². The number of alkyl halides is 3. The summed E-state index contributed by atoms with van der Waals surface area (Å²) in [5.41, 5.74) is 4.12. The Morgan fingerprint density at radius 1 is 1.45 bits per heavy atom. The predicted octanol–water partition coefficient (Wildman–Crippen LogP) is 1.99. The summed E-state index contributed by atoms with van der Waals surface area (Å²) < 4.78 is 42.9. The molecule has 1 saturated heterocycles. The Balaban J connectivity index is 1.86. The van der Waals surface area contributed by atoms with E-state index in [9.17, 15) is 18.0 Å². The Morgan fingerprint density at radius 2 is 2.23 bits per heavy atom. The maximum absolute atomic E-state index is 12.6. The first-order chi connectivity index (χ1) is 10.4. The Hall–Kier alpha value is -2.17. The quantitative estimate of drug-likeness (QED) is 0.922. The second-order valence-corrected chi connectivity index (χ2v) is 5.52. The van der Waals surface area contributed by atoms with E-state index in [4.69, 9.17) is 10.3 Å². The minimum Gasteiger partial charge on any atom is -0.363 e. The van der Waals surface area contributed by atoms with Crippen LogP contribution in [0.2, 0.25) is 0 Å². The molecule has 2 aromatic rings. The molecule has 0 bridgehead atoms. The van der Waals surface area contributed by atoms with Crippen molar-refractivity contribution in [3.05, 3.63) is 22.8 Å². The summed E-state index contributed by atoms with van der Waals surface area (Å²) in [6.45, 7) is 0.518. The molecule has 22 heavy (non-hydrogen) atoms. The molecule has 3 rings (SSSR count). The van der Waals surface area contributed by atoms with Crippen LogP contribution in [-0.2, 0) is 6.18 Å². The largest absolute Gasteiger partial charge is 0.434 e. The minimum absolute atomic E-state index is 0.148. The summed E-state index contributed by atoms with van der Waals surface area (Å²) in [4.78, 5) is 20.2. The van der Waals surface area contributed by atoms with Crippen LogP contribution in [0.15, 0.2) is 9.90 Å². The number of thiazole rings is 1. The number of amides is 1. The number of nitrogens with two attached hydrogens (primary N) is 1. The van der Waals surface area contributed by atoms with Gasteiger partial charge in [0.2, 0.25) is 5.89 Å². The van der Waals surface area contributed by atoms with Crippen LogP contribution in [0.5, 0.6) is 0 Å². The van der Waals surface area contributed by atoms with Gasteiger partial charge in [-0.15, -0.1) is 11.3 Å². The van der Waals surface area contributed by atoms with Crippen LogP contribution in [0, 0.1) is 0 Å². The van der Waals surface area contributed by atoms with Crippen molar-refractivity contribution in [3.63, 3.8) is 0 Å². The molecule has 0 unspecified atom stereocenters. The van der Waals surface area contributed by atoms with E-state index in [-0.39, 0.29) is 16.8 Å². The Morgan fingerprint density at radius 3 is 2.82 bits per heavy atom. The Labute approximate surface area is 125 Å². The van der Waals surface area contributed by atoms with E-state index in [2.05, 4.69) is 15.1 Å². The van der Waals surface area contributed by atoms with Gasteiger partial charge in [-0.1, -0.05) is 5.16 Å². The zero-order chi connectivity index (χ0) is 15.9. The van der Waals surface area contributed by atoms with Crippen molar-refractivity contribution in [2.75, 3.05) is 11.4 Å². The molecule has 7 nitrogen and oxygen atoms in total. The van der Waals surface area contributed by atoms with Gasteiger partial charge >= 0.3 is 6.18 Å². The minimum atomic E-state index is -4.48. The summed E-state index contributed by atoms with van der Waals surface area (Å²) in [6.07, 6.45) is -3.13. The molecule has 0 saturated carbocycles. The molecule has 1 aliphatic rings. The van der Waals surface area contributed by atoms with Gasteiger partial charge < -0.3 is 15.2 Å². The van der Waals surface area contributed by atoms with Gasteiger partial charge in [0.1, 0.15) is 6.04 Å². The van der Waals surface area contributed by atoms with Gasteiger partial charge in [-0.05, 0) is 12.8 Å². The highest BCUT2D eigenvalue weighted by atomic mass is 32.1. The van der Waals surface area contributed by atoms with E-state index in [1.807, 2.05) is 0 Å². The first-order valence-corrected chi connectivity index (χ1v) is 7.17. The number of hydrogen-bond donors (Lipinski definition) is 1. The van der Waals surface area contributed by atoms with Crippen molar-refractivity contribution in [1.29, 1.82) is 0 Å². The third kappa shape index (κ3) is 2.63. The lowest BCUT2D eigenvalue weighted by atomic mass is 10.2. The van der Waals surface area contributed by atoms with E-state index >= 15 is 0 Å². The van der Waals surface area contributed by atoms with Crippen LogP contribution >= 0.6 is 11.3 Å². The second-order valence-electron chi connectivity index (χ2n) is 4.68. The third-order valence-electron chi connectivity index (χ3n) is 3.23. The summed E-state index contributed by atoms with van der Waals surface area (Å²) in [7, 11) is 0. The Bertz CT molecular complexity index is 698. The smallest absolute Gasteiger partial charge is 0.363 e. The molecular formula is C11H10F3N5O2S. The second kappa shape index (κ2) is 5.23. The van der Waals surface area contributed by atoms with Gasteiger partial charge in [0.05, 0.1) is 0 Å². The molecule has 1 aliphatic heterocycles. The van der Waals surface area contributed by atoms with Crippen molar-refractivity contribution in [3.8, 4) is 0 Å². The highest BCUT2D eigenvalue weighted by Gasteiger charge is 2.37. The lowest BCUT2D eigenvalue weighted by Crippen LogP contribution is -2.23. The summed E-state index contributed by atoms with van der Waals surface area (Å²) in [5.74, 6) is -0.930. The zero-order valence-corrected chi connectivity index (χ0v) is 11.8. The van der Waals surface area contributed by atoms with E-state index in [1.165, 1.54) is 0 Å². The van der Waals surface area contributed by atoms with Gasteiger partial charge in [-0.25, -0.2) is 4.98 Å². The molecule has 0 aliphatic carbocycles. The van der Waals surface area contributed by atoms with Gasteiger partial charge in [-0.3, -0.25) is 4.79 Å². The molecule has 1 fully saturated rings. The maximum atomic E-state index is 12.6. The van der Waals surface area contributed by atoms with Crippen molar-refractivity contribution in [2.24, 2.45) is 5.73 Å². The van der Waals surface area contributed by atoms with Crippen LogP contribution in [-0.4, -0.2) is 27.6 Å². The number of primary amides is 1. The van der Waals surface area contributed by atoms with Crippen LogP contribution in [0.4, 0.5) is 18.3 Å². The van der Waals surface area contributed by atoms with Crippen LogP contribution in [0.1, 0.15) is 41.1 Å². The normalized spacial score (nSPS) is 18.9. The summed E-state index contributed by atoms with van der Waals surface area (Å²) in [5, 5.41) is 4.64. The van der Waals surface area contributed by atoms with Crippen molar-refractivity contribution < 1.29 is 22.5 Å². The van der Waals surface area contributed by atoms with Crippen molar-refractivity contribution in [2.45, 2.75) is 25.1 Å². The first kappa shape index (κ1) is 14.8. The van der Waals surface area contributed by atoms with Gasteiger partial charge in [-0.2, -0.15) is 18.2 Å². The highest BCUT2D eigenvalue weighted by Crippen LogP contribution is 2.39. The molecule has 1 amide bonds. The fraction of sp³-hybridized carbons (Fsp3) is 0.455. The van der Waals surface area contributed by atoms with Gasteiger partial charge in [0, 0.05) is 11.9 Å². The summed E-state index contributed by atoms with van der Waals surface area (Å²) in [6, 6.07) is -0.409. The molecule has 3 heterocycles. The lowest BCUT2D eigenvalue weighted by Gasteiger charge is -2.20. The SMILES string of the molecule is NC(=O)c1noc([C@@H]2CCCN2c2nc(C(F)(F)F)cs2)n1.